The summed E-state index contributed by atoms with van der Waals surface area (Å²) < 4.78 is 0. The third kappa shape index (κ3) is 5.26. The number of benzene rings is 3. The van der Waals surface area contributed by atoms with Gasteiger partial charge in [-0.2, -0.15) is 0 Å². The number of rotatable bonds is 5. The zero-order valence-electron chi connectivity index (χ0n) is 21.9. The first-order chi connectivity index (χ1) is 19.4. The zero-order chi connectivity index (χ0) is 27.6. The monoisotopic (exact) mass is 550 g/mol. The van der Waals surface area contributed by atoms with Crippen molar-refractivity contribution in [3.8, 4) is 16.9 Å². The number of nitrogens with one attached hydrogen (secondary N) is 1. The molecular weight excluding hydrogens is 524 g/mol. The lowest BCUT2D eigenvalue weighted by molar-refractivity contribution is 0.0746. The second kappa shape index (κ2) is 10.8. The molecule has 9 heteroatoms. The van der Waals surface area contributed by atoms with Crippen LogP contribution in [0.4, 0.5) is 17.3 Å². The van der Waals surface area contributed by atoms with Crippen molar-refractivity contribution in [2.24, 2.45) is 0 Å². The Labute approximate surface area is 236 Å². The highest BCUT2D eigenvalue weighted by Crippen LogP contribution is 2.34. The Morgan fingerprint density at radius 3 is 2.45 bits per heavy atom. The smallest absolute Gasteiger partial charge is 0.254 e. The zero-order valence-corrected chi connectivity index (χ0v) is 22.6. The second-order valence-corrected chi connectivity index (χ2v) is 10.2. The predicted molar refractivity (Wildman–Crippen MR) is 158 cm³/mol. The Balaban J connectivity index is 1.12. The van der Waals surface area contributed by atoms with Crippen molar-refractivity contribution in [2.75, 3.05) is 36.4 Å². The Kier molecular flexibility index (Phi) is 6.92. The van der Waals surface area contributed by atoms with Gasteiger partial charge in [-0.3, -0.25) is 9.78 Å². The molecule has 0 spiro atoms. The molecule has 1 aliphatic heterocycles. The van der Waals surface area contributed by atoms with E-state index in [1.807, 2.05) is 36.1 Å². The van der Waals surface area contributed by atoms with Gasteiger partial charge >= 0.3 is 0 Å². The number of piperazine rings is 1. The normalized spacial score (nSPS) is 13.4. The first-order valence-corrected chi connectivity index (χ1v) is 13.4. The fourth-order valence-corrected chi connectivity index (χ4v) is 5.23. The molecule has 0 radical (unpaired) electrons. The van der Waals surface area contributed by atoms with Crippen molar-refractivity contribution in [2.45, 2.75) is 6.92 Å². The molecule has 6 rings (SSSR count). The number of nitrogens with zero attached hydrogens (tertiary/aromatic N) is 5. The molecule has 0 aliphatic carbocycles. The van der Waals surface area contributed by atoms with Crippen LogP contribution in [0.1, 0.15) is 15.9 Å². The number of aryl methyl sites for hydroxylation is 1. The van der Waals surface area contributed by atoms with Crippen LogP contribution >= 0.6 is 11.6 Å². The molecule has 1 saturated heterocycles. The average molecular weight is 551 g/mol. The van der Waals surface area contributed by atoms with E-state index in [0.29, 0.717) is 29.6 Å². The Hall–Kier alpha value is -4.69. The topological polar surface area (TPSA) is 94.5 Å². The molecule has 40 heavy (non-hydrogen) atoms. The van der Waals surface area contributed by atoms with Crippen LogP contribution in [0, 0.1) is 6.92 Å². The van der Waals surface area contributed by atoms with Gasteiger partial charge in [0.2, 0.25) is 5.95 Å². The summed E-state index contributed by atoms with van der Waals surface area (Å²) in [6.45, 7) is 4.88. The molecular formula is C31H27ClN6O2. The molecule has 1 fully saturated rings. The van der Waals surface area contributed by atoms with Gasteiger partial charge in [-0.15, -0.1) is 0 Å². The molecule has 8 nitrogen and oxygen atoms in total. The number of carbonyl (C=O) groups excluding carboxylic acids is 1. The number of anilines is 3. The average Bonchev–Trinajstić information content (AvgIpc) is 2.99. The Morgan fingerprint density at radius 2 is 1.70 bits per heavy atom. The summed E-state index contributed by atoms with van der Waals surface area (Å²) in [7, 11) is 0. The van der Waals surface area contributed by atoms with Crippen LogP contribution in [0.2, 0.25) is 5.02 Å². The van der Waals surface area contributed by atoms with Crippen LogP contribution in [0.3, 0.4) is 0 Å². The summed E-state index contributed by atoms with van der Waals surface area (Å²) in [5.74, 6) is 0.721. The number of phenolic OH excluding ortho intramolecular Hbond substituents is 1. The van der Waals surface area contributed by atoms with E-state index >= 15 is 0 Å². The van der Waals surface area contributed by atoms with E-state index in [1.54, 1.807) is 48.9 Å². The molecule has 0 unspecified atom stereocenters. The van der Waals surface area contributed by atoms with Crippen molar-refractivity contribution in [3.05, 3.63) is 101 Å². The van der Waals surface area contributed by atoms with Gasteiger partial charge in [0.25, 0.3) is 5.91 Å². The molecule has 200 valence electrons. The summed E-state index contributed by atoms with van der Waals surface area (Å²) >= 11 is 6.38. The highest BCUT2D eigenvalue weighted by molar-refractivity contribution is 6.33. The van der Waals surface area contributed by atoms with Crippen molar-refractivity contribution < 1.29 is 9.90 Å². The van der Waals surface area contributed by atoms with E-state index in [2.05, 4.69) is 32.3 Å². The molecule has 1 amide bonds. The first-order valence-electron chi connectivity index (χ1n) is 13.0. The standard InChI is InChI=1S/C31H27ClN6O2/c1-20-16-22(27-18-26(39)6-7-28(27)32)17-23-19-34-31(36-29(20)23)35-24-2-4-25(5-3-24)37-12-14-38(15-13-37)30(40)21-8-10-33-11-9-21/h2-11,16-19,39H,12-15H2,1H3,(H,34,35,36). The molecule has 0 bridgehead atoms. The van der Waals surface area contributed by atoms with Crippen LogP contribution in [0.25, 0.3) is 22.0 Å². The van der Waals surface area contributed by atoms with E-state index in [9.17, 15) is 9.90 Å². The molecule has 2 aromatic heterocycles. The van der Waals surface area contributed by atoms with Crippen molar-refractivity contribution in [3.63, 3.8) is 0 Å². The van der Waals surface area contributed by atoms with E-state index in [1.165, 1.54) is 0 Å². The van der Waals surface area contributed by atoms with Gasteiger partial charge in [0.15, 0.2) is 0 Å². The van der Waals surface area contributed by atoms with Gasteiger partial charge in [-0.1, -0.05) is 11.6 Å². The van der Waals surface area contributed by atoms with Crippen LogP contribution in [0.5, 0.6) is 5.75 Å². The van der Waals surface area contributed by atoms with E-state index < -0.39 is 0 Å². The summed E-state index contributed by atoms with van der Waals surface area (Å²) in [5, 5.41) is 14.7. The minimum Gasteiger partial charge on any atom is -0.508 e. The van der Waals surface area contributed by atoms with Gasteiger partial charge in [0, 0.05) is 77.7 Å². The summed E-state index contributed by atoms with van der Waals surface area (Å²) in [6.07, 6.45) is 5.09. The molecule has 0 atom stereocenters. The maximum absolute atomic E-state index is 12.7. The van der Waals surface area contributed by atoms with Gasteiger partial charge < -0.3 is 20.2 Å². The lowest BCUT2D eigenvalue weighted by Crippen LogP contribution is -2.48. The maximum Gasteiger partial charge on any atom is 0.254 e. The van der Waals surface area contributed by atoms with Crippen molar-refractivity contribution in [1.82, 2.24) is 19.9 Å². The predicted octanol–water partition coefficient (Wildman–Crippen LogP) is 6.07. The Morgan fingerprint density at radius 1 is 0.950 bits per heavy atom. The molecule has 5 aromatic rings. The number of hydrogen-bond acceptors (Lipinski definition) is 7. The number of hydrogen-bond donors (Lipinski definition) is 2. The SMILES string of the molecule is Cc1cc(-c2cc(O)ccc2Cl)cc2cnc(Nc3ccc(N4CCN(C(=O)c5ccncc5)CC4)cc3)nc12. The van der Waals surface area contributed by atoms with Gasteiger partial charge in [0.1, 0.15) is 5.75 Å². The Bertz CT molecular complexity index is 1690. The first kappa shape index (κ1) is 25.6. The lowest BCUT2D eigenvalue weighted by Gasteiger charge is -2.36. The highest BCUT2D eigenvalue weighted by atomic mass is 35.5. The van der Waals surface area contributed by atoms with Crippen LogP contribution in [-0.4, -0.2) is 57.0 Å². The van der Waals surface area contributed by atoms with Gasteiger partial charge in [-0.25, -0.2) is 9.97 Å². The number of aromatic hydroxyl groups is 1. The summed E-state index contributed by atoms with van der Waals surface area (Å²) in [4.78, 5) is 30.2. The third-order valence-corrected chi connectivity index (χ3v) is 7.45. The van der Waals surface area contributed by atoms with Crippen LogP contribution in [0.15, 0.2) is 85.3 Å². The maximum atomic E-state index is 12.7. The second-order valence-electron chi connectivity index (χ2n) is 9.78. The largest absolute Gasteiger partial charge is 0.508 e. The molecule has 2 N–H and O–H groups in total. The summed E-state index contributed by atoms with van der Waals surface area (Å²) in [6, 6.07) is 20.6. The summed E-state index contributed by atoms with van der Waals surface area (Å²) in [5.41, 5.74) is 6.14. The third-order valence-electron chi connectivity index (χ3n) is 7.12. The van der Waals surface area contributed by atoms with E-state index in [4.69, 9.17) is 16.6 Å². The number of halogens is 1. The minimum absolute atomic E-state index is 0.0478. The van der Waals surface area contributed by atoms with Crippen LogP contribution < -0.4 is 10.2 Å². The molecule has 3 heterocycles. The van der Waals surface area contributed by atoms with Crippen molar-refractivity contribution in [1.29, 1.82) is 0 Å². The van der Waals surface area contributed by atoms with Crippen LogP contribution in [-0.2, 0) is 0 Å². The lowest BCUT2D eigenvalue weighted by atomic mass is 10.0. The fraction of sp³-hybridized carbons (Fsp3) is 0.161. The number of carbonyl (C=O) groups is 1. The fourth-order valence-electron chi connectivity index (χ4n) is 5.00. The number of fused-ring (bicyclic) bond motifs is 1. The van der Waals surface area contributed by atoms with Gasteiger partial charge in [0.05, 0.1) is 5.52 Å². The minimum atomic E-state index is 0.0478. The van der Waals surface area contributed by atoms with Crippen molar-refractivity contribution >= 4 is 45.7 Å². The number of phenols is 1. The molecule has 1 aliphatic rings. The quantitative estimate of drug-likeness (QED) is 0.274. The molecule has 3 aromatic carbocycles. The number of pyridine rings is 1. The highest BCUT2D eigenvalue weighted by Gasteiger charge is 2.22. The number of aromatic nitrogens is 3. The van der Waals surface area contributed by atoms with E-state index in [0.717, 1.165) is 52.1 Å². The van der Waals surface area contributed by atoms with Gasteiger partial charge in [-0.05, 0) is 84.8 Å². The molecule has 0 saturated carbocycles. The van der Waals surface area contributed by atoms with E-state index in [-0.39, 0.29) is 11.7 Å². The number of amides is 1.